The fraction of sp³-hybridized carbons (Fsp3) is 0.125. The van der Waals surface area contributed by atoms with Crippen molar-refractivity contribution in [2.24, 2.45) is 0 Å². The van der Waals surface area contributed by atoms with Gasteiger partial charge in [0, 0.05) is 11.8 Å². The number of hydrogen-bond acceptors (Lipinski definition) is 5. The average Bonchev–Trinajstić information content (AvgIpc) is 3.19. The molecule has 0 saturated carbocycles. The van der Waals surface area contributed by atoms with Gasteiger partial charge in [0.25, 0.3) is 5.89 Å². The second-order valence-corrected chi connectivity index (χ2v) is 5.35. The van der Waals surface area contributed by atoms with Crippen molar-refractivity contribution >= 4 is 5.65 Å². The van der Waals surface area contributed by atoms with Crippen LogP contribution < -0.4 is 0 Å². The van der Waals surface area contributed by atoms with E-state index in [1.54, 1.807) is 19.1 Å². The Morgan fingerprint density at radius 1 is 1.16 bits per heavy atom. The van der Waals surface area contributed by atoms with Crippen LogP contribution in [-0.4, -0.2) is 24.7 Å². The number of rotatable bonds is 2. The molecule has 4 rings (SSSR count). The lowest BCUT2D eigenvalue weighted by atomic mass is 10.1. The molecule has 0 amide bonds. The summed E-state index contributed by atoms with van der Waals surface area (Å²) in [7, 11) is 0. The maximum atomic E-state index is 13.0. The number of aromatic nitrogens is 5. The van der Waals surface area contributed by atoms with Crippen LogP contribution in [0.5, 0.6) is 0 Å². The highest BCUT2D eigenvalue weighted by Gasteiger charge is 2.30. The zero-order chi connectivity index (χ0) is 17.6. The molecule has 4 aromatic rings. The summed E-state index contributed by atoms with van der Waals surface area (Å²) in [6, 6.07) is 6.64. The molecule has 0 fully saturated rings. The Morgan fingerprint density at radius 3 is 2.72 bits per heavy atom. The monoisotopic (exact) mass is 345 g/mol. The average molecular weight is 345 g/mol. The molecule has 3 aromatic heterocycles. The van der Waals surface area contributed by atoms with Gasteiger partial charge in [-0.3, -0.25) is 0 Å². The predicted octanol–water partition coefficient (Wildman–Crippen LogP) is 3.77. The summed E-state index contributed by atoms with van der Waals surface area (Å²) in [5.41, 5.74) is 1.04. The minimum atomic E-state index is -4.42. The van der Waals surface area contributed by atoms with Crippen molar-refractivity contribution in [2.75, 3.05) is 0 Å². The molecule has 0 radical (unpaired) electrons. The Hall–Kier alpha value is -3.23. The molecule has 0 bridgehead atoms. The van der Waals surface area contributed by atoms with E-state index in [0.29, 0.717) is 28.3 Å². The van der Waals surface area contributed by atoms with Crippen LogP contribution in [0, 0.1) is 6.92 Å². The number of benzene rings is 1. The van der Waals surface area contributed by atoms with Crippen LogP contribution in [-0.2, 0) is 6.18 Å². The summed E-state index contributed by atoms with van der Waals surface area (Å²) < 4.78 is 45.5. The normalized spacial score (nSPS) is 12.0. The Morgan fingerprint density at radius 2 is 2.00 bits per heavy atom. The fourth-order valence-electron chi connectivity index (χ4n) is 2.52. The third-order valence-corrected chi connectivity index (χ3v) is 3.64. The smallest absolute Gasteiger partial charge is 0.334 e. The lowest BCUT2D eigenvalue weighted by Crippen LogP contribution is -2.05. The number of aryl methyl sites for hydroxylation is 1. The second kappa shape index (κ2) is 5.40. The first-order valence-corrected chi connectivity index (χ1v) is 7.24. The van der Waals surface area contributed by atoms with Gasteiger partial charge in [-0.2, -0.15) is 23.3 Å². The molecule has 6 nitrogen and oxygen atoms in total. The van der Waals surface area contributed by atoms with Gasteiger partial charge in [-0.15, -0.1) is 0 Å². The van der Waals surface area contributed by atoms with E-state index >= 15 is 0 Å². The molecule has 9 heteroatoms. The van der Waals surface area contributed by atoms with E-state index in [2.05, 4.69) is 20.2 Å². The van der Waals surface area contributed by atoms with Gasteiger partial charge in [0.05, 0.1) is 17.5 Å². The highest BCUT2D eigenvalue weighted by Crippen LogP contribution is 2.32. The molecule has 0 saturated heterocycles. The van der Waals surface area contributed by atoms with E-state index in [0.717, 1.165) is 12.1 Å². The Labute approximate surface area is 138 Å². The number of hydrogen-bond donors (Lipinski definition) is 0. The highest BCUT2D eigenvalue weighted by molar-refractivity contribution is 5.74. The summed E-state index contributed by atoms with van der Waals surface area (Å²) in [6.07, 6.45) is -1.43. The maximum absolute atomic E-state index is 13.0. The van der Waals surface area contributed by atoms with E-state index in [4.69, 9.17) is 4.52 Å². The summed E-state index contributed by atoms with van der Waals surface area (Å²) in [5, 5.41) is 7.94. The van der Waals surface area contributed by atoms with E-state index in [1.165, 1.54) is 23.0 Å². The Balaban J connectivity index is 1.88. The molecule has 0 aliphatic heterocycles. The van der Waals surface area contributed by atoms with Gasteiger partial charge in [0.15, 0.2) is 11.5 Å². The fourth-order valence-corrected chi connectivity index (χ4v) is 2.52. The Kier molecular flexibility index (Phi) is 3.31. The Bertz CT molecular complexity index is 1070. The minimum absolute atomic E-state index is 0.251. The van der Waals surface area contributed by atoms with Crippen molar-refractivity contribution in [2.45, 2.75) is 13.1 Å². The van der Waals surface area contributed by atoms with Gasteiger partial charge in [-0.05, 0) is 25.1 Å². The van der Waals surface area contributed by atoms with Crippen molar-refractivity contribution < 1.29 is 17.7 Å². The zero-order valence-corrected chi connectivity index (χ0v) is 12.8. The van der Waals surface area contributed by atoms with Gasteiger partial charge >= 0.3 is 6.18 Å². The zero-order valence-electron chi connectivity index (χ0n) is 12.8. The standard InChI is InChI=1S/C16H10F3N5O/c1-9-22-15(25-23-9)12-8-21-24-13(5-6-20-14(12)24)10-3-2-4-11(7-10)16(17,18)19/h2-8H,1H3. The molecule has 0 aliphatic carbocycles. The molecular formula is C16H10F3N5O. The van der Waals surface area contributed by atoms with E-state index in [1.807, 2.05) is 0 Å². The van der Waals surface area contributed by atoms with Gasteiger partial charge in [-0.25, -0.2) is 9.50 Å². The van der Waals surface area contributed by atoms with E-state index in [9.17, 15) is 13.2 Å². The SMILES string of the molecule is Cc1noc(-c2cnn3c(-c4cccc(C(F)(F)F)c4)ccnc23)n1. The number of fused-ring (bicyclic) bond motifs is 1. The van der Waals surface area contributed by atoms with Crippen LogP contribution in [0.2, 0.25) is 0 Å². The van der Waals surface area contributed by atoms with Crippen LogP contribution in [0.1, 0.15) is 11.4 Å². The molecule has 0 aliphatic rings. The van der Waals surface area contributed by atoms with E-state index < -0.39 is 11.7 Å². The summed E-state index contributed by atoms with van der Waals surface area (Å²) in [6.45, 7) is 1.68. The molecule has 0 atom stereocenters. The minimum Gasteiger partial charge on any atom is -0.334 e. The number of halogens is 3. The van der Waals surface area contributed by atoms with Crippen molar-refractivity contribution in [3.05, 3.63) is 54.1 Å². The van der Waals surface area contributed by atoms with Gasteiger partial charge in [0.1, 0.15) is 5.56 Å². The first-order valence-electron chi connectivity index (χ1n) is 7.24. The van der Waals surface area contributed by atoms with Crippen molar-refractivity contribution in [1.29, 1.82) is 0 Å². The van der Waals surface area contributed by atoms with Crippen LogP contribution in [0.4, 0.5) is 13.2 Å². The molecule has 0 N–H and O–H groups in total. The third-order valence-electron chi connectivity index (χ3n) is 3.64. The molecule has 0 unspecified atom stereocenters. The lowest BCUT2D eigenvalue weighted by molar-refractivity contribution is -0.137. The quantitative estimate of drug-likeness (QED) is 0.553. The topological polar surface area (TPSA) is 69.1 Å². The van der Waals surface area contributed by atoms with Gasteiger partial charge in [0.2, 0.25) is 0 Å². The second-order valence-electron chi connectivity index (χ2n) is 5.35. The van der Waals surface area contributed by atoms with Crippen LogP contribution >= 0.6 is 0 Å². The van der Waals surface area contributed by atoms with Crippen LogP contribution in [0.3, 0.4) is 0 Å². The first kappa shape index (κ1) is 15.3. The van der Waals surface area contributed by atoms with E-state index in [-0.39, 0.29) is 5.89 Å². The van der Waals surface area contributed by atoms with Crippen molar-refractivity contribution in [1.82, 2.24) is 24.7 Å². The lowest BCUT2D eigenvalue weighted by Gasteiger charge is -2.09. The van der Waals surface area contributed by atoms with Crippen LogP contribution in [0.25, 0.3) is 28.4 Å². The largest absolute Gasteiger partial charge is 0.416 e. The highest BCUT2D eigenvalue weighted by atomic mass is 19.4. The molecule has 3 heterocycles. The maximum Gasteiger partial charge on any atom is 0.416 e. The summed E-state index contributed by atoms with van der Waals surface area (Å²) >= 11 is 0. The molecule has 126 valence electrons. The van der Waals surface area contributed by atoms with Crippen LogP contribution in [0.15, 0.2) is 47.2 Å². The molecular weight excluding hydrogens is 335 g/mol. The first-order chi connectivity index (χ1) is 11.9. The molecule has 1 aromatic carbocycles. The molecule has 0 spiro atoms. The molecule has 25 heavy (non-hydrogen) atoms. The van der Waals surface area contributed by atoms with Crippen molar-refractivity contribution in [3.8, 4) is 22.7 Å². The van der Waals surface area contributed by atoms with Gasteiger partial charge < -0.3 is 4.52 Å². The summed E-state index contributed by atoms with van der Waals surface area (Å²) in [4.78, 5) is 8.37. The number of alkyl halides is 3. The summed E-state index contributed by atoms with van der Waals surface area (Å²) in [5.74, 6) is 0.713. The van der Waals surface area contributed by atoms with Gasteiger partial charge in [-0.1, -0.05) is 17.3 Å². The number of nitrogens with zero attached hydrogens (tertiary/aromatic N) is 5. The van der Waals surface area contributed by atoms with Crippen molar-refractivity contribution in [3.63, 3.8) is 0 Å². The third kappa shape index (κ3) is 2.63. The predicted molar refractivity (Wildman–Crippen MR) is 81.5 cm³/mol.